The minimum Gasteiger partial charge on any atom is -0.397 e. The van der Waals surface area contributed by atoms with Crippen molar-refractivity contribution in [2.45, 2.75) is 20.3 Å². The molecule has 0 aliphatic carbocycles. The third kappa shape index (κ3) is 4.16. The zero-order valence-electron chi connectivity index (χ0n) is 12.3. The number of carbonyl (C=O) groups excluding carboxylic acids is 1. The molecule has 5 heteroatoms. The Morgan fingerprint density at radius 2 is 2.20 bits per heavy atom. The van der Waals surface area contributed by atoms with Crippen LogP contribution in [0.2, 0.25) is 0 Å². The highest BCUT2D eigenvalue weighted by atomic mass is 16.1. The molecule has 0 aromatic heterocycles. The predicted octanol–water partition coefficient (Wildman–Crippen LogP) is 2.00. The molecule has 0 atom stereocenters. The van der Waals surface area contributed by atoms with Crippen molar-refractivity contribution >= 4 is 17.3 Å². The van der Waals surface area contributed by atoms with Crippen molar-refractivity contribution < 1.29 is 4.79 Å². The number of anilines is 2. The average Bonchev–Trinajstić information content (AvgIpc) is 2.43. The van der Waals surface area contributed by atoms with E-state index in [9.17, 15) is 4.79 Å². The van der Waals surface area contributed by atoms with E-state index in [1.807, 2.05) is 0 Å². The van der Waals surface area contributed by atoms with Crippen LogP contribution < -0.4 is 16.0 Å². The summed E-state index contributed by atoms with van der Waals surface area (Å²) in [6.07, 6.45) is 0.427. The summed E-state index contributed by atoms with van der Waals surface area (Å²) < 4.78 is 0. The van der Waals surface area contributed by atoms with Crippen LogP contribution in [0.15, 0.2) is 18.2 Å². The Morgan fingerprint density at radius 1 is 1.50 bits per heavy atom. The summed E-state index contributed by atoms with van der Waals surface area (Å²) >= 11 is 0. The number of nitriles is 1. The van der Waals surface area contributed by atoms with E-state index >= 15 is 0 Å². The number of nitrogen functional groups attached to an aromatic ring is 1. The Morgan fingerprint density at radius 3 is 2.75 bits per heavy atom. The van der Waals surface area contributed by atoms with Gasteiger partial charge in [0.2, 0.25) is 0 Å². The van der Waals surface area contributed by atoms with E-state index in [2.05, 4.69) is 30.1 Å². The van der Waals surface area contributed by atoms with Crippen molar-refractivity contribution in [1.29, 1.82) is 5.26 Å². The molecule has 1 aromatic carbocycles. The molecular weight excluding hydrogens is 252 g/mol. The number of benzene rings is 1. The van der Waals surface area contributed by atoms with Gasteiger partial charge in [-0.05, 0) is 24.1 Å². The van der Waals surface area contributed by atoms with Crippen molar-refractivity contribution in [2.24, 2.45) is 5.92 Å². The topological polar surface area (TPSA) is 82.2 Å². The van der Waals surface area contributed by atoms with Crippen molar-refractivity contribution in [3.05, 3.63) is 23.8 Å². The molecule has 1 rings (SSSR count). The highest BCUT2D eigenvalue weighted by Crippen LogP contribution is 2.25. The van der Waals surface area contributed by atoms with Crippen LogP contribution in [0, 0.1) is 17.2 Å². The summed E-state index contributed by atoms with van der Waals surface area (Å²) in [5, 5.41) is 11.4. The summed E-state index contributed by atoms with van der Waals surface area (Å²) in [4.78, 5) is 13.8. The Hall–Kier alpha value is -2.22. The normalized spacial score (nSPS) is 10.2. The molecule has 0 aliphatic rings. The molecule has 0 unspecified atom stereocenters. The van der Waals surface area contributed by atoms with Crippen LogP contribution in [-0.2, 0) is 0 Å². The second-order valence-electron chi connectivity index (χ2n) is 5.10. The smallest absolute Gasteiger partial charge is 0.251 e. The Bertz CT molecular complexity index is 505. The van der Waals surface area contributed by atoms with Gasteiger partial charge in [-0.2, -0.15) is 5.26 Å². The van der Waals surface area contributed by atoms with E-state index in [0.717, 1.165) is 12.2 Å². The van der Waals surface area contributed by atoms with Crippen LogP contribution in [0.1, 0.15) is 30.6 Å². The number of nitrogens with two attached hydrogens (primary N) is 1. The summed E-state index contributed by atoms with van der Waals surface area (Å²) in [6.45, 7) is 5.62. The summed E-state index contributed by atoms with van der Waals surface area (Å²) in [5.41, 5.74) is 8.03. The summed E-state index contributed by atoms with van der Waals surface area (Å²) in [6, 6.07) is 7.37. The number of hydrogen-bond acceptors (Lipinski definition) is 4. The SMILES string of the molecule is CNC(=O)c1ccc(N)c(N(CCC#N)CC(C)C)c1. The van der Waals surface area contributed by atoms with Crippen LogP contribution in [-0.4, -0.2) is 26.0 Å². The van der Waals surface area contributed by atoms with Crippen molar-refractivity contribution in [1.82, 2.24) is 5.32 Å². The zero-order valence-corrected chi connectivity index (χ0v) is 12.3. The highest BCUT2D eigenvalue weighted by molar-refractivity contribution is 5.96. The van der Waals surface area contributed by atoms with Gasteiger partial charge in [0.15, 0.2) is 0 Å². The van der Waals surface area contributed by atoms with Crippen LogP contribution in [0.4, 0.5) is 11.4 Å². The predicted molar refractivity (Wildman–Crippen MR) is 81.5 cm³/mol. The molecule has 20 heavy (non-hydrogen) atoms. The number of amides is 1. The molecular formula is C15H22N4O. The van der Waals surface area contributed by atoms with E-state index < -0.39 is 0 Å². The number of hydrogen-bond donors (Lipinski definition) is 2. The molecule has 0 spiro atoms. The van der Waals surface area contributed by atoms with Gasteiger partial charge in [0.25, 0.3) is 5.91 Å². The number of carbonyl (C=O) groups is 1. The van der Waals surface area contributed by atoms with Gasteiger partial charge >= 0.3 is 0 Å². The first-order chi connectivity index (χ1) is 9.49. The zero-order chi connectivity index (χ0) is 15.1. The molecule has 0 aliphatic heterocycles. The first kappa shape index (κ1) is 15.8. The van der Waals surface area contributed by atoms with E-state index in [1.54, 1.807) is 25.2 Å². The molecule has 0 heterocycles. The molecule has 0 radical (unpaired) electrons. The van der Waals surface area contributed by atoms with Gasteiger partial charge < -0.3 is 16.0 Å². The van der Waals surface area contributed by atoms with Gasteiger partial charge in [-0.1, -0.05) is 13.8 Å². The fourth-order valence-electron chi connectivity index (χ4n) is 2.04. The maximum atomic E-state index is 11.7. The molecule has 0 saturated carbocycles. The third-order valence-corrected chi connectivity index (χ3v) is 2.94. The maximum absolute atomic E-state index is 11.7. The van der Waals surface area contributed by atoms with Gasteiger partial charge in [0, 0.05) is 25.7 Å². The molecule has 0 saturated heterocycles. The van der Waals surface area contributed by atoms with E-state index in [0.29, 0.717) is 30.1 Å². The lowest BCUT2D eigenvalue weighted by Crippen LogP contribution is -2.29. The standard InChI is InChI=1S/C15H22N4O/c1-11(2)10-19(8-4-7-16)14-9-12(15(20)18-3)5-6-13(14)17/h5-6,9,11H,4,8,10,17H2,1-3H3,(H,18,20). The molecule has 0 bridgehead atoms. The van der Waals surface area contributed by atoms with Gasteiger partial charge in [-0.3, -0.25) is 4.79 Å². The molecule has 0 fully saturated rings. The monoisotopic (exact) mass is 274 g/mol. The minimum absolute atomic E-state index is 0.143. The molecule has 5 nitrogen and oxygen atoms in total. The van der Waals surface area contributed by atoms with Crippen molar-refractivity contribution in [3.63, 3.8) is 0 Å². The molecule has 3 N–H and O–H groups in total. The van der Waals surface area contributed by atoms with Crippen molar-refractivity contribution in [3.8, 4) is 6.07 Å². The molecule has 1 aromatic rings. The minimum atomic E-state index is -0.143. The second-order valence-corrected chi connectivity index (χ2v) is 5.10. The van der Waals surface area contributed by atoms with Crippen LogP contribution in [0.3, 0.4) is 0 Å². The van der Waals surface area contributed by atoms with Crippen LogP contribution in [0.5, 0.6) is 0 Å². The van der Waals surface area contributed by atoms with Crippen molar-refractivity contribution in [2.75, 3.05) is 30.8 Å². The van der Waals surface area contributed by atoms with Gasteiger partial charge in [0.1, 0.15) is 0 Å². The lowest BCUT2D eigenvalue weighted by molar-refractivity contribution is 0.0963. The largest absolute Gasteiger partial charge is 0.397 e. The first-order valence-electron chi connectivity index (χ1n) is 6.73. The van der Waals surface area contributed by atoms with E-state index in [-0.39, 0.29) is 5.91 Å². The average molecular weight is 274 g/mol. The number of nitrogens with one attached hydrogen (secondary N) is 1. The third-order valence-electron chi connectivity index (χ3n) is 2.94. The summed E-state index contributed by atoms with van der Waals surface area (Å²) in [5.74, 6) is 0.299. The summed E-state index contributed by atoms with van der Waals surface area (Å²) in [7, 11) is 1.60. The Balaban J connectivity index is 3.10. The highest BCUT2D eigenvalue weighted by Gasteiger charge is 2.14. The lowest BCUT2D eigenvalue weighted by Gasteiger charge is -2.27. The molecule has 1 amide bonds. The fraction of sp³-hybridized carbons (Fsp3) is 0.467. The molecule has 108 valence electrons. The first-order valence-corrected chi connectivity index (χ1v) is 6.73. The number of rotatable bonds is 6. The van der Waals surface area contributed by atoms with E-state index in [4.69, 9.17) is 11.0 Å². The second kappa shape index (κ2) is 7.39. The Kier molecular flexibility index (Phi) is 5.85. The van der Waals surface area contributed by atoms with Gasteiger partial charge in [-0.25, -0.2) is 0 Å². The van der Waals surface area contributed by atoms with Crippen LogP contribution >= 0.6 is 0 Å². The fourth-order valence-corrected chi connectivity index (χ4v) is 2.04. The van der Waals surface area contributed by atoms with Crippen LogP contribution in [0.25, 0.3) is 0 Å². The number of nitrogens with zero attached hydrogens (tertiary/aromatic N) is 2. The van der Waals surface area contributed by atoms with Gasteiger partial charge in [-0.15, -0.1) is 0 Å². The quantitative estimate of drug-likeness (QED) is 0.777. The lowest BCUT2D eigenvalue weighted by atomic mass is 10.1. The Labute approximate surface area is 120 Å². The van der Waals surface area contributed by atoms with E-state index in [1.165, 1.54) is 0 Å². The maximum Gasteiger partial charge on any atom is 0.251 e. The van der Waals surface area contributed by atoms with Gasteiger partial charge in [0.05, 0.1) is 23.9 Å².